The van der Waals surface area contributed by atoms with E-state index in [1.54, 1.807) is 18.2 Å². The fraction of sp³-hybridized carbons (Fsp3) is 0.421. The van der Waals surface area contributed by atoms with Crippen molar-refractivity contribution in [2.24, 2.45) is 11.3 Å². The summed E-state index contributed by atoms with van der Waals surface area (Å²) in [6, 6.07) is 7.03. The Morgan fingerprint density at radius 2 is 1.96 bits per heavy atom. The van der Waals surface area contributed by atoms with Crippen molar-refractivity contribution in [3.63, 3.8) is 0 Å². The van der Waals surface area contributed by atoms with Gasteiger partial charge in [-0.2, -0.15) is 0 Å². The van der Waals surface area contributed by atoms with Crippen LogP contribution in [0, 0.1) is 11.3 Å². The van der Waals surface area contributed by atoms with Crippen molar-refractivity contribution in [3.8, 4) is 0 Å². The van der Waals surface area contributed by atoms with Gasteiger partial charge in [0.25, 0.3) is 11.8 Å². The number of rotatable bonds is 2. The first-order valence-corrected chi connectivity index (χ1v) is 9.29. The number of aryl methyl sites for hydroxylation is 1. The van der Waals surface area contributed by atoms with E-state index in [1.165, 1.54) is 28.0 Å². The summed E-state index contributed by atoms with van der Waals surface area (Å²) in [4.78, 5) is 30.2. The van der Waals surface area contributed by atoms with Crippen LogP contribution >= 0.6 is 11.3 Å². The molecule has 1 atom stereocenters. The smallest absolute Gasteiger partial charge is 0.266 e. The second-order valence-corrected chi connectivity index (χ2v) is 8.62. The van der Waals surface area contributed by atoms with Crippen LogP contribution in [0.3, 0.4) is 0 Å². The van der Waals surface area contributed by atoms with Crippen molar-refractivity contribution < 1.29 is 9.59 Å². The zero-order chi connectivity index (χ0) is 18.0. The van der Waals surface area contributed by atoms with E-state index in [9.17, 15) is 9.59 Å². The minimum atomic E-state index is -0.428. The molecule has 0 radical (unpaired) electrons. The van der Waals surface area contributed by atoms with Crippen molar-refractivity contribution in [2.45, 2.75) is 40.0 Å². The summed E-state index contributed by atoms with van der Waals surface area (Å²) in [5, 5.41) is 0. The zero-order valence-corrected chi connectivity index (χ0v) is 15.6. The topological polar surface area (TPSA) is 71.1 Å². The second-order valence-electron chi connectivity index (χ2n) is 7.49. The molecule has 0 bridgehead atoms. The summed E-state index contributed by atoms with van der Waals surface area (Å²) in [6.07, 6.45) is 4.74. The summed E-state index contributed by atoms with van der Waals surface area (Å²) in [6.45, 7) is 6.82. The molecule has 2 aromatic heterocycles. The second kappa shape index (κ2) is 6.96. The number of carbonyl (C=O) groups is 2. The Bertz CT molecular complexity index is 778. The maximum absolute atomic E-state index is 12.3. The summed E-state index contributed by atoms with van der Waals surface area (Å²) < 4.78 is 0. The maximum atomic E-state index is 12.3. The summed E-state index contributed by atoms with van der Waals surface area (Å²) in [5.74, 6) is -0.0755. The average molecular weight is 357 g/mol. The Kier molecular flexibility index (Phi) is 4.90. The third-order valence-electron chi connectivity index (χ3n) is 4.72. The van der Waals surface area contributed by atoms with Gasteiger partial charge in [-0.25, -0.2) is 0 Å². The number of fused-ring (bicyclic) bond motifs is 1. The van der Waals surface area contributed by atoms with Crippen molar-refractivity contribution in [3.05, 3.63) is 51.5 Å². The van der Waals surface area contributed by atoms with E-state index >= 15 is 0 Å². The standard InChI is InChI=1S/C19H23N3O2S/c1-19(2,3)13-7-8-15-12(10-13)11-16(25-15)18(24)22-21-17(23)14-6-4-5-9-20-14/h4-6,9,11,13H,7-8,10H2,1-3H3,(H,21,23)(H,22,24)/t13-/m1/s1. The Morgan fingerprint density at radius 1 is 1.20 bits per heavy atom. The molecule has 5 nitrogen and oxygen atoms in total. The van der Waals surface area contributed by atoms with E-state index in [0.29, 0.717) is 10.8 Å². The Morgan fingerprint density at radius 3 is 2.64 bits per heavy atom. The summed E-state index contributed by atoms with van der Waals surface area (Å²) in [7, 11) is 0. The van der Waals surface area contributed by atoms with Gasteiger partial charge in [-0.05, 0) is 54.4 Å². The Hall–Kier alpha value is -2.21. The predicted octanol–water partition coefficient (Wildman–Crippen LogP) is 3.37. The third-order valence-corrected chi connectivity index (χ3v) is 5.95. The molecular formula is C19H23N3O2S. The van der Waals surface area contributed by atoms with Crippen LogP contribution in [0.1, 0.15) is 57.8 Å². The lowest BCUT2D eigenvalue weighted by atomic mass is 9.72. The molecule has 0 unspecified atom stereocenters. The van der Waals surface area contributed by atoms with Gasteiger partial charge >= 0.3 is 0 Å². The fourth-order valence-electron chi connectivity index (χ4n) is 3.11. The van der Waals surface area contributed by atoms with E-state index < -0.39 is 5.91 Å². The molecule has 2 aromatic rings. The number of nitrogens with zero attached hydrogens (tertiary/aromatic N) is 1. The van der Waals surface area contributed by atoms with Crippen LogP contribution in [0.25, 0.3) is 0 Å². The highest BCUT2D eigenvalue weighted by Crippen LogP contribution is 2.40. The molecular weight excluding hydrogens is 334 g/mol. The molecule has 1 aliphatic rings. The first kappa shape index (κ1) is 17.6. The number of thiophene rings is 1. The lowest BCUT2D eigenvalue weighted by Gasteiger charge is -2.33. The molecule has 0 saturated carbocycles. The van der Waals surface area contributed by atoms with Crippen molar-refractivity contribution in [2.75, 3.05) is 0 Å². The number of aromatic nitrogens is 1. The van der Waals surface area contributed by atoms with Crippen molar-refractivity contribution in [1.29, 1.82) is 0 Å². The zero-order valence-electron chi connectivity index (χ0n) is 14.8. The normalized spacial score (nSPS) is 16.8. The molecule has 0 saturated heterocycles. The van der Waals surface area contributed by atoms with E-state index in [4.69, 9.17) is 0 Å². The molecule has 2 amide bonds. The number of carbonyl (C=O) groups excluding carboxylic acids is 2. The van der Waals surface area contributed by atoms with Crippen LogP contribution in [0.15, 0.2) is 30.5 Å². The molecule has 2 N–H and O–H groups in total. The van der Waals surface area contributed by atoms with Crippen LogP contribution in [0.5, 0.6) is 0 Å². The fourth-order valence-corrected chi connectivity index (χ4v) is 4.21. The number of hydrogen-bond donors (Lipinski definition) is 2. The van der Waals surface area contributed by atoms with Gasteiger partial charge in [0, 0.05) is 11.1 Å². The van der Waals surface area contributed by atoms with Gasteiger partial charge in [-0.1, -0.05) is 26.8 Å². The van der Waals surface area contributed by atoms with E-state index in [1.807, 2.05) is 6.07 Å². The number of hydrazine groups is 1. The SMILES string of the molecule is CC(C)(C)[C@@H]1CCc2sc(C(=O)NNC(=O)c3ccccn3)cc2C1. The van der Waals surface area contributed by atoms with Gasteiger partial charge in [-0.3, -0.25) is 25.4 Å². The monoisotopic (exact) mass is 357 g/mol. The van der Waals surface area contributed by atoms with Gasteiger partial charge in [0.2, 0.25) is 0 Å². The highest BCUT2D eigenvalue weighted by atomic mass is 32.1. The molecule has 0 aliphatic heterocycles. The van der Waals surface area contributed by atoms with Gasteiger partial charge < -0.3 is 0 Å². The minimum absolute atomic E-state index is 0.265. The molecule has 0 aromatic carbocycles. The number of pyridine rings is 1. The third kappa shape index (κ3) is 4.07. The van der Waals surface area contributed by atoms with Crippen molar-refractivity contribution >= 4 is 23.2 Å². The largest absolute Gasteiger partial charge is 0.288 e. The first-order valence-electron chi connectivity index (χ1n) is 8.48. The van der Waals surface area contributed by atoms with Gasteiger partial charge in [0.05, 0.1) is 4.88 Å². The molecule has 25 heavy (non-hydrogen) atoms. The number of hydrogen-bond acceptors (Lipinski definition) is 4. The quantitative estimate of drug-likeness (QED) is 0.810. The van der Waals surface area contributed by atoms with E-state index in [-0.39, 0.29) is 17.0 Å². The summed E-state index contributed by atoms with van der Waals surface area (Å²) in [5.41, 5.74) is 6.71. The summed E-state index contributed by atoms with van der Waals surface area (Å²) >= 11 is 1.52. The van der Waals surface area contributed by atoms with Crippen LogP contribution in [-0.4, -0.2) is 16.8 Å². The highest BCUT2D eigenvalue weighted by Gasteiger charge is 2.30. The van der Waals surface area contributed by atoms with Gasteiger partial charge in [-0.15, -0.1) is 11.3 Å². The van der Waals surface area contributed by atoms with Crippen LogP contribution in [0.4, 0.5) is 0 Å². The average Bonchev–Trinajstić information content (AvgIpc) is 3.02. The number of nitrogens with one attached hydrogen (secondary N) is 2. The molecule has 2 heterocycles. The van der Waals surface area contributed by atoms with Gasteiger partial charge in [0.1, 0.15) is 5.69 Å². The first-order chi connectivity index (χ1) is 11.8. The molecule has 3 rings (SSSR count). The predicted molar refractivity (Wildman–Crippen MR) is 98.5 cm³/mol. The highest BCUT2D eigenvalue weighted by molar-refractivity contribution is 7.14. The molecule has 0 spiro atoms. The Labute approximate surface area is 151 Å². The lowest BCUT2D eigenvalue weighted by molar-refractivity contribution is 0.0846. The molecule has 132 valence electrons. The van der Waals surface area contributed by atoms with Crippen LogP contribution < -0.4 is 10.9 Å². The van der Waals surface area contributed by atoms with Gasteiger partial charge in [0.15, 0.2) is 0 Å². The Balaban J connectivity index is 1.63. The lowest BCUT2D eigenvalue weighted by Crippen LogP contribution is -2.41. The van der Waals surface area contributed by atoms with Crippen molar-refractivity contribution in [1.82, 2.24) is 15.8 Å². The molecule has 0 fully saturated rings. The molecule has 1 aliphatic carbocycles. The minimum Gasteiger partial charge on any atom is -0.266 e. The maximum Gasteiger partial charge on any atom is 0.288 e. The number of amides is 2. The van der Waals surface area contributed by atoms with Crippen LogP contribution in [0.2, 0.25) is 0 Å². The van der Waals surface area contributed by atoms with Crippen LogP contribution in [-0.2, 0) is 12.8 Å². The molecule has 6 heteroatoms. The van der Waals surface area contributed by atoms with E-state index in [0.717, 1.165) is 19.3 Å². The van der Waals surface area contributed by atoms with E-state index in [2.05, 4.69) is 36.6 Å².